The minimum atomic E-state index is -3.68. The number of nitrogens with zero attached hydrogens (tertiary/aromatic N) is 2. The molecule has 2 fully saturated rings. The van der Waals surface area contributed by atoms with Crippen LogP contribution in [0.15, 0.2) is 59.5 Å². The van der Waals surface area contributed by atoms with E-state index < -0.39 is 15.8 Å². The molecule has 0 radical (unpaired) electrons. The number of para-hydroxylation sites is 1. The molecule has 2 atom stereocenters. The maximum absolute atomic E-state index is 13.2. The molecule has 2 aliphatic heterocycles. The van der Waals surface area contributed by atoms with Crippen molar-refractivity contribution in [2.75, 3.05) is 30.7 Å². The fourth-order valence-electron chi connectivity index (χ4n) is 3.81. The van der Waals surface area contributed by atoms with Crippen LogP contribution in [0.4, 0.5) is 14.9 Å². The Bertz CT molecular complexity index is 970. The minimum absolute atomic E-state index is 0.00856. The van der Waals surface area contributed by atoms with Gasteiger partial charge in [0.1, 0.15) is 5.82 Å². The number of carbonyl (C=O) groups is 1. The fourth-order valence-corrected chi connectivity index (χ4v) is 6.78. The van der Waals surface area contributed by atoms with E-state index in [0.717, 1.165) is 23.6 Å². The largest absolute Gasteiger partial charge is 0.322 e. The Labute approximate surface area is 174 Å². The third-order valence-corrected chi connectivity index (χ3v) is 8.48. The molecule has 0 spiro atoms. The summed E-state index contributed by atoms with van der Waals surface area (Å²) >= 11 is 1.70. The van der Waals surface area contributed by atoms with Gasteiger partial charge in [-0.25, -0.2) is 17.6 Å². The second kappa shape index (κ2) is 8.33. The monoisotopic (exact) mass is 435 g/mol. The van der Waals surface area contributed by atoms with E-state index in [-0.39, 0.29) is 22.2 Å². The first-order valence-corrected chi connectivity index (χ1v) is 11.9. The van der Waals surface area contributed by atoms with Gasteiger partial charge in [-0.3, -0.25) is 0 Å². The van der Waals surface area contributed by atoms with Crippen LogP contribution in [-0.4, -0.2) is 60.3 Å². The number of sulfonamides is 1. The molecule has 2 unspecified atom stereocenters. The third kappa shape index (κ3) is 4.26. The summed E-state index contributed by atoms with van der Waals surface area (Å²) in [7, 11) is -3.68. The van der Waals surface area contributed by atoms with Gasteiger partial charge in [0.05, 0.1) is 4.90 Å². The highest BCUT2D eigenvalue weighted by Gasteiger charge is 2.42. The van der Waals surface area contributed by atoms with Crippen LogP contribution in [0, 0.1) is 5.82 Å². The number of carbonyl (C=O) groups excluding carboxylic acids is 1. The Morgan fingerprint density at radius 3 is 2.52 bits per heavy atom. The summed E-state index contributed by atoms with van der Waals surface area (Å²) < 4.78 is 40.5. The highest BCUT2D eigenvalue weighted by molar-refractivity contribution is 8.00. The lowest BCUT2D eigenvalue weighted by Gasteiger charge is -2.46. The molecule has 4 rings (SSSR count). The van der Waals surface area contributed by atoms with Crippen LogP contribution >= 0.6 is 11.8 Å². The Morgan fingerprint density at radius 1 is 1.07 bits per heavy atom. The topological polar surface area (TPSA) is 69.7 Å². The van der Waals surface area contributed by atoms with Gasteiger partial charge in [-0.1, -0.05) is 18.2 Å². The quantitative estimate of drug-likeness (QED) is 0.804. The van der Waals surface area contributed by atoms with Crippen molar-refractivity contribution in [3.05, 3.63) is 60.4 Å². The van der Waals surface area contributed by atoms with Crippen LogP contribution in [0.25, 0.3) is 0 Å². The second-order valence-corrected chi connectivity index (χ2v) is 10.4. The van der Waals surface area contributed by atoms with Crippen LogP contribution in [-0.2, 0) is 10.0 Å². The van der Waals surface area contributed by atoms with Crippen LogP contribution < -0.4 is 5.32 Å². The minimum Gasteiger partial charge on any atom is -0.320 e. The molecule has 2 aromatic carbocycles. The van der Waals surface area contributed by atoms with E-state index >= 15 is 0 Å². The predicted octanol–water partition coefficient (Wildman–Crippen LogP) is 3.24. The number of urea groups is 1. The number of anilines is 1. The summed E-state index contributed by atoms with van der Waals surface area (Å²) in [6.07, 6.45) is 0.570. The Morgan fingerprint density at radius 2 is 1.79 bits per heavy atom. The summed E-state index contributed by atoms with van der Waals surface area (Å²) in [5.41, 5.74) is 0.739. The van der Waals surface area contributed by atoms with Gasteiger partial charge >= 0.3 is 6.03 Å². The normalized spacial score (nSPS) is 22.7. The number of amides is 2. The zero-order chi connectivity index (χ0) is 20.4. The molecule has 6 nitrogen and oxygen atoms in total. The number of rotatable bonds is 3. The van der Waals surface area contributed by atoms with Crippen molar-refractivity contribution >= 4 is 33.5 Å². The zero-order valence-corrected chi connectivity index (χ0v) is 17.3. The average molecular weight is 436 g/mol. The molecule has 2 aromatic rings. The molecule has 2 heterocycles. The third-order valence-electron chi connectivity index (χ3n) is 5.29. The maximum Gasteiger partial charge on any atom is 0.322 e. The molecule has 0 bridgehead atoms. The van der Waals surface area contributed by atoms with Crippen LogP contribution in [0.2, 0.25) is 0 Å². The van der Waals surface area contributed by atoms with Crippen molar-refractivity contribution in [1.29, 1.82) is 0 Å². The number of benzene rings is 2. The van der Waals surface area contributed by atoms with Gasteiger partial charge in [-0.15, -0.1) is 0 Å². The first-order chi connectivity index (χ1) is 13.9. The van der Waals surface area contributed by atoms with E-state index in [4.69, 9.17) is 0 Å². The summed E-state index contributed by atoms with van der Waals surface area (Å²) in [5.74, 6) is 0.291. The van der Waals surface area contributed by atoms with Crippen molar-refractivity contribution in [3.63, 3.8) is 0 Å². The van der Waals surface area contributed by atoms with E-state index in [2.05, 4.69) is 5.32 Å². The predicted molar refractivity (Wildman–Crippen MR) is 112 cm³/mol. The van der Waals surface area contributed by atoms with E-state index in [1.807, 2.05) is 35.2 Å². The van der Waals surface area contributed by atoms with Crippen molar-refractivity contribution < 1.29 is 17.6 Å². The van der Waals surface area contributed by atoms with Crippen molar-refractivity contribution in [3.8, 4) is 0 Å². The number of piperidine rings is 1. The number of fused-ring (bicyclic) bond motifs is 1. The fraction of sp³-hybridized carbons (Fsp3) is 0.350. The summed E-state index contributed by atoms with van der Waals surface area (Å²) in [6.45, 7) is 1.30. The van der Waals surface area contributed by atoms with Crippen LogP contribution in [0.3, 0.4) is 0 Å². The molecule has 0 saturated carbocycles. The molecule has 2 amide bonds. The maximum atomic E-state index is 13.2. The SMILES string of the molecule is O=C(Nc1ccccc1)N1CCSC2CN(S(=O)(=O)c3ccc(F)cc3)CCC21. The lowest BCUT2D eigenvalue weighted by atomic mass is 10.0. The number of hydrogen-bond donors (Lipinski definition) is 1. The first-order valence-electron chi connectivity index (χ1n) is 9.45. The molecular formula is C20H22FN3O3S2. The number of thioether (sulfide) groups is 1. The van der Waals surface area contributed by atoms with Gasteiger partial charge in [0.2, 0.25) is 10.0 Å². The van der Waals surface area contributed by atoms with E-state index in [1.54, 1.807) is 11.8 Å². The van der Waals surface area contributed by atoms with Crippen molar-refractivity contribution in [1.82, 2.24) is 9.21 Å². The molecule has 2 aliphatic rings. The van der Waals surface area contributed by atoms with Gasteiger partial charge in [-0.2, -0.15) is 16.1 Å². The van der Waals surface area contributed by atoms with E-state index in [1.165, 1.54) is 16.4 Å². The number of halogens is 1. The van der Waals surface area contributed by atoms with Gasteiger partial charge in [0.25, 0.3) is 0 Å². The summed E-state index contributed by atoms with van der Waals surface area (Å²) in [5, 5.41) is 2.94. The molecule has 9 heteroatoms. The van der Waals surface area contributed by atoms with Crippen molar-refractivity contribution in [2.45, 2.75) is 22.6 Å². The number of hydrogen-bond acceptors (Lipinski definition) is 4. The van der Waals surface area contributed by atoms with Gasteiger partial charge in [0, 0.05) is 42.4 Å². The van der Waals surface area contributed by atoms with Gasteiger partial charge in [0.15, 0.2) is 0 Å². The molecule has 0 aliphatic carbocycles. The molecule has 0 aromatic heterocycles. The zero-order valence-electron chi connectivity index (χ0n) is 15.7. The Kier molecular flexibility index (Phi) is 5.80. The summed E-state index contributed by atoms with van der Waals surface area (Å²) in [6, 6.07) is 14.0. The Hall–Kier alpha value is -2.10. The standard InChI is InChI=1S/C20H22FN3O3S2/c21-15-6-8-17(9-7-15)29(26,27)23-11-10-18-19(14-23)28-13-12-24(18)20(25)22-16-4-2-1-3-5-16/h1-9,18-19H,10-14H2,(H,22,25). The average Bonchev–Trinajstić information content (AvgIpc) is 2.74. The lowest BCUT2D eigenvalue weighted by Crippen LogP contribution is -2.59. The lowest BCUT2D eigenvalue weighted by molar-refractivity contribution is 0.160. The smallest absolute Gasteiger partial charge is 0.320 e. The van der Waals surface area contributed by atoms with E-state index in [0.29, 0.717) is 26.1 Å². The van der Waals surface area contributed by atoms with E-state index in [9.17, 15) is 17.6 Å². The Balaban J connectivity index is 1.46. The summed E-state index contributed by atoms with van der Waals surface area (Å²) in [4.78, 5) is 14.7. The highest BCUT2D eigenvalue weighted by Crippen LogP contribution is 2.33. The molecule has 29 heavy (non-hydrogen) atoms. The second-order valence-electron chi connectivity index (χ2n) is 7.07. The molecule has 1 N–H and O–H groups in total. The highest BCUT2D eigenvalue weighted by atomic mass is 32.2. The van der Waals surface area contributed by atoms with Gasteiger partial charge in [-0.05, 0) is 42.8 Å². The molecule has 2 saturated heterocycles. The molecule has 154 valence electrons. The van der Waals surface area contributed by atoms with Crippen LogP contribution in [0.1, 0.15) is 6.42 Å². The first kappa shape index (κ1) is 20.2. The van der Waals surface area contributed by atoms with Crippen LogP contribution in [0.5, 0.6) is 0 Å². The van der Waals surface area contributed by atoms with Crippen molar-refractivity contribution in [2.24, 2.45) is 0 Å². The molecular weight excluding hydrogens is 413 g/mol. The number of nitrogens with one attached hydrogen (secondary N) is 1. The van der Waals surface area contributed by atoms with Gasteiger partial charge < -0.3 is 10.2 Å².